The number of aliphatic hydroxyl groups is 1. The van der Waals surface area contributed by atoms with Crippen LogP contribution in [0.4, 0.5) is 8.78 Å². The van der Waals surface area contributed by atoms with Gasteiger partial charge in [-0.3, -0.25) is 0 Å². The highest BCUT2D eigenvalue weighted by molar-refractivity contribution is 5.28. The number of benzene rings is 1. The first-order chi connectivity index (χ1) is 7.05. The smallest absolute Gasteiger partial charge is 0.132 e. The van der Waals surface area contributed by atoms with Crippen molar-refractivity contribution in [3.05, 3.63) is 35.4 Å². The Bertz CT molecular complexity index is 358. The molecule has 0 saturated heterocycles. The number of halogens is 2. The van der Waals surface area contributed by atoms with Crippen LogP contribution in [0.3, 0.4) is 0 Å². The van der Waals surface area contributed by atoms with Crippen LogP contribution in [-0.2, 0) is 5.60 Å². The molecule has 0 aliphatic heterocycles. The van der Waals surface area contributed by atoms with E-state index in [-0.39, 0.29) is 11.5 Å². The molecule has 0 radical (unpaired) electrons. The fraction of sp³-hybridized carbons (Fsp3) is 0.500. The Morgan fingerprint density at radius 3 is 2.40 bits per heavy atom. The van der Waals surface area contributed by atoms with Gasteiger partial charge in [0.15, 0.2) is 0 Å². The van der Waals surface area contributed by atoms with Gasteiger partial charge in [0.1, 0.15) is 11.6 Å². The van der Waals surface area contributed by atoms with Crippen LogP contribution in [0.2, 0.25) is 0 Å². The van der Waals surface area contributed by atoms with Gasteiger partial charge in [0.25, 0.3) is 0 Å². The monoisotopic (exact) mass is 212 g/mol. The summed E-state index contributed by atoms with van der Waals surface area (Å²) in [6, 6.07) is 3.71. The van der Waals surface area contributed by atoms with Crippen molar-refractivity contribution in [2.45, 2.75) is 31.8 Å². The van der Waals surface area contributed by atoms with Crippen LogP contribution in [0.15, 0.2) is 18.2 Å². The van der Waals surface area contributed by atoms with E-state index in [4.69, 9.17) is 0 Å². The molecule has 1 aliphatic carbocycles. The van der Waals surface area contributed by atoms with Crippen LogP contribution >= 0.6 is 0 Å². The Balaban J connectivity index is 2.53. The lowest BCUT2D eigenvalue weighted by atomic mass is 9.84. The minimum absolute atomic E-state index is 0.0936. The van der Waals surface area contributed by atoms with Gasteiger partial charge in [0.05, 0.1) is 11.2 Å². The van der Waals surface area contributed by atoms with Crippen molar-refractivity contribution in [2.24, 2.45) is 5.92 Å². The molecule has 1 aliphatic rings. The van der Waals surface area contributed by atoms with Gasteiger partial charge in [-0.2, -0.15) is 0 Å². The number of hydrogen-bond donors (Lipinski definition) is 1. The van der Waals surface area contributed by atoms with E-state index in [2.05, 4.69) is 0 Å². The van der Waals surface area contributed by atoms with Gasteiger partial charge < -0.3 is 5.11 Å². The summed E-state index contributed by atoms with van der Waals surface area (Å²) in [5.74, 6) is -1.39. The van der Waals surface area contributed by atoms with E-state index in [9.17, 15) is 13.9 Å². The zero-order chi connectivity index (χ0) is 11.1. The quantitative estimate of drug-likeness (QED) is 0.758. The second kappa shape index (κ2) is 3.56. The lowest BCUT2D eigenvalue weighted by Crippen LogP contribution is -2.30. The summed E-state index contributed by atoms with van der Waals surface area (Å²) < 4.78 is 27.0. The number of hydrogen-bond acceptors (Lipinski definition) is 1. The van der Waals surface area contributed by atoms with Crippen LogP contribution < -0.4 is 0 Å². The van der Waals surface area contributed by atoms with Crippen molar-refractivity contribution < 1.29 is 13.9 Å². The van der Waals surface area contributed by atoms with Crippen LogP contribution in [-0.4, -0.2) is 5.11 Å². The van der Waals surface area contributed by atoms with Crippen LogP contribution in [0, 0.1) is 17.6 Å². The summed E-state index contributed by atoms with van der Waals surface area (Å²) >= 11 is 0. The molecule has 1 nitrogen and oxygen atoms in total. The lowest BCUT2D eigenvalue weighted by molar-refractivity contribution is -0.00225. The maximum atomic E-state index is 13.5. The van der Waals surface area contributed by atoms with Gasteiger partial charge in [-0.05, 0) is 37.3 Å². The molecule has 0 spiro atoms. The molecule has 2 unspecified atom stereocenters. The third kappa shape index (κ3) is 1.55. The molecule has 82 valence electrons. The SMILES string of the molecule is CC1CCCC1(O)c1c(F)cccc1F. The highest BCUT2D eigenvalue weighted by Crippen LogP contribution is 2.44. The summed E-state index contributed by atoms with van der Waals surface area (Å²) in [7, 11) is 0. The van der Waals surface area contributed by atoms with Gasteiger partial charge in [0, 0.05) is 0 Å². The van der Waals surface area contributed by atoms with E-state index in [1.807, 2.05) is 6.92 Å². The molecule has 0 amide bonds. The molecule has 1 N–H and O–H groups in total. The minimum Gasteiger partial charge on any atom is -0.385 e. The van der Waals surface area contributed by atoms with Crippen molar-refractivity contribution in [1.29, 1.82) is 0 Å². The second-order valence-electron chi connectivity index (χ2n) is 4.31. The fourth-order valence-corrected chi connectivity index (χ4v) is 2.45. The van der Waals surface area contributed by atoms with Crippen LogP contribution in [0.25, 0.3) is 0 Å². The molecule has 1 saturated carbocycles. The summed E-state index contributed by atoms with van der Waals surface area (Å²) in [5.41, 5.74) is -1.48. The third-order valence-electron chi connectivity index (χ3n) is 3.41. The Morgan fingerprint density at radius 2 is 1.93 bits per heavy atom. The fourth-order valence-electron chi connectivity index (χ4n) is 2.45. The first-order valence-corrected chi connectivity index (χ1v) is 5.22. The van der Waals surface area contributed by atoms with Crippen molar-refractivity contribution >= 4 is 0 Å². The van der Waals surface area contributed by atoms with E-state index in [1.54, 1.807) is 0 Å². The van der Waals surface area contributed by atoms with E-state index in [0.29, 0.717) is 6.42 Å². The first kappa shape index (κ1) is 10.6. The lowest BCUT2D eigenvalue weighted by Gasteiger charge is -2.28. The molecule has 0 bridgehead atoms. The van der Waals surface area contributed by atoms with E-state index >= 15 is 0 Å². The Morgan fingerprint density at radius 1 is 1.33 bits per heavy atom. The predicted molar refractivity (Wildman–Crippen MR) is 53.3 cm³/mol. The molecule has 1 fully saturated rings. The minimum atomic E-state index is -1.32. The molecule has 1 aromatic carbocycles. The topological polar surface area (TPSA) is 20.2 Å². The largest absolute Gasteiger partial charge is 0.385 e. The maximum Gasteiger partial charge on any atom is 0.132 e. The van der Waals surface area contributed by atoms with E-state index in [1.165, 1.54) is 18.2 Å². The van der Waals surface area contributed by atoms with Gasteiger partial charge >= 0.3 is 0 Å². The van der Waals surface area contributed by atoms with Gasteiger partial charge in [-0.25, -0.2) is 8.78 Å². The number of rotatable bonds is 1. The summed E-state index contributed by atoms with van der Waals surface area (Å²) in [6.07, 6.45) is 2.06. The summed E-state index contributed by atoms with van der Waals surface area (Å²) in [4.78, 5) is 0. The standard InChI is InChI=1S/C12H14F2O/c1-8-4-3-7-12(8,15)11-9(13)5-2-6-10(11)14/h2,5-6,8,15H,3-4,7H2,1H3. The average molecular weight is 212 g/mol. The van der Waals surface area contributed by atoms with E-state index in [0.717, 1.165) is 12.8 Å². The molecular weight excluding hydrogens is 198 g/mol. The molecular formula is C12H14F2O. The van der Waals surface area contributed by atoms with E-state index < -0.39 is 17.2 Å². The highest BCUT2D eigenvalue weighted by Gasteiger charge is 2.43. The zero-order valence-corrected chi connectivity index (χ0v) is 8.63. The van der Waals surface area contributed by atoms with Crippen molar-refractivity contribution in [3.8, 4) is 0 Å². The first-order valence-electron chi connectivity index (χ1n) is 5.22. The summed E-state index contributed by atoms with van der Waals surface area (Å²) in [6.45, 7) is 1.83. The maximum absolute atomic E-state index is 13.5. The summed E-state index contributed by atoms with van der Waals surface area (Å²) in [5, 5.41) is 10.3. The predicted octanol–water partition coefficient (Wildman–Crippen LogP) is 2.97. The Labute approximate surface area is 87.7 Å². The highest BCUT2D eigenvalue weighted by atomic mass is 19.1. The normalized spacial score (nSPS) is 30.8. The van der Waals surface area contributed by atoms with Gasteiger partial charge in [0.2, 0.25) is 0 Å². The van der Waals surface area contributed by atoms with Crippen molar-refractivity contribution in [2.75, 3.05) is 0 Å². The second-order valence-corrected chi connectivity index (χ2v) is 4.31. The molecule has 2 rings (SSSR count). The molecule has 1 aromatic rings. The third-order valence-corrected chi connectivity index (χ3v) is 3.41. The van der Waals surface area contributed by atoms with Crippen molar-refractivity contribution in [3.63, 3.8) is 0 Å². The van der Waals surface area contributed by atoms with Crippen LogP contribution in [0.5, 0.6) is 0 Å². The zero-order valence-electron chi connectivity index (χ0n) is 8.63. The molecule has 2 atom stereocenters. The molecule has 0 heterocycles. The Kier molecular flexibility index (Phi) is 2.51. The van der Waals surface area contributed by atoms with Crippen LogP contribution in [0.1, 0.15) is 31.7 Å². The van der Waals surface area contributed by atoms with Gasteiger partial charge in [-0.1, -0.05) is 13.0 Å². The van der Waals surface area contributed by atoms with Gasteiger partial charge in [-0.15, -0.1) is 0 Å². The van der Waals surface area contributed by atoms with Crippen molar-refractivity contribution in [1.82, 2.24) is 0 Å². The Hall–Kier alpha value is -0.960. The molecule has 0 aromatic heterocycles. The average Bonchev–Trinajstić information content (AvgIpc) is 2.47. The molecule has 3 heteroatoms. The molecule has 15 heavy (non-hydrogen) atoms.